The molecule has 0 unspecified atom stereocenters. The number of benzene rings is 2. The lowest BCUT2D eigenvalue weighted by molar-refractivity contribution is 0.239. The predicted octanol–water partition coefficient (Wildman–Crippen LogP) is 5.23. The Morgan fingerprint density at radius 3 is 2.22 bits per heavy atom. The van der Waals surface area contributed by atoms with Crippen LogP contribution in [-0.4, -0.2) is 20.3 Å². The molecule has 0 saturated carbocycles. The van der Waals surface area contributed by atoms with Gasteiger partial charge in [0.2, 0.25) is 0 Å². The molecular weight excluding hydrogens is 356 g/mol. The van der Waals surface area contributed by atoms with Gasteiger partial charge in [0.15, 0.2) is 11.5 Å². The summed E-state index contributed by atoms with van der Waals surface area (Å²) in [5.41, 5.74) is 3.45. The van der Waals surface area contributed by atoms with Crippen molar-refractivity contribution in [3.05, 3.63) is 51.5 Å². The van der Waals surface area contributed by atoms with E-state index in [2.05, 4.69) is 35.0 Å². The van der Waals surface area contributed by atoms with E-state index in [1.807, 2.05) is 32.0 Å². The molecule has 2 rings (SSSR count). The Balaban J connectivity index is 1.81. The quantitative estimate of drug-likeness (QED) is 0.617. The fraction of sp³-hybridized carbons (Fsp3) is 0.368. The van der Waals surface area contributed by atoms with Crippen LogP contribution in [0.4, 0.5) is 0 Å². The van der Waals surface area contributed by atoms with Crippen molar-refractivity contribution in [2.45, 2.75) is 27.2 Å². The molecule has 2 aromatic carbocycles. The Kier molecular flexibility index (Phi) is 6.34. The first-order valence-corrected chi connectivity index (χ1v) is 8.47. The van der Waals surface area contributed by atoms with Crippen molar-refractivity contribution in [1.82, 2.24) is 0 Å². The van der Waals surface area contributed by atoms with Crippen LogP contribution in [-0.2, 0) is 0 Å². The summed E-state index contributed by atoms with van der Waals surface area (Å²) in [5.74, 6) is 2.47. The van der Waals surface area contributed by atoms with Gasteiger partial charge in [0, 0.05) is 10.9 Å². The zero-order chi connectivity index (χ0) is 16.8. The predicted molar refractivity (Wildman–Crippen MR) is 97.0 cm³/mol. The van der Waals surface area contributed by atoms with Gasteiger partial charge in [0.25, 0.3) is 0 Å². The summed E-state index contributed by atoms with van der Waals surface area (Å²) in [6.07, 6.45) is 0.811. The second-order valence-corrected chi connectivity index (χ2v) is 6.43. The fourth-order valence-corrected chi connectivity index (χ4v) is 2.69. The first-order valence-electron chi connectivity index (χ1n) is 7.68. The van der Waals surface area contributed by atoms with Crippen LogP contribution in [0.25, 0.3) is 0 Å². The summed E-state index contributed by atoms with van der Waals surface area (Å²) in [6, 6.07) is 10.1. The molecule has 0 amide bonds. The highest BCUT2D eigenvalue weighted by atomic mass is 79.9. The number of hydrogen-bond acceptors (Lipinski definition) is 3. The molecule has 0 spiro atoms. The van der Waals surface area contributed by atoms with E-state index >= 15 is 0 Å². The minimum Gasteiger partial charge on any atom is -0.493 e. The van der Waals surface area contributed by atoms with E-state index in [9.17, 15) is 0 Å². The molecule has 0 aliphatic carbocycles. The molecule has 3 nitrogen and oxygen atoms in total. The first kappa shape index (κ1) is 17.7. The smallest absolute Gasteiger partial charge is 0.161 e. The molecule has 124 valence electrons. The molecule has 0 fully saturated rings. The minimum atomic E-state index is 0.591. The number of ether oxygens (including phenoxy) is 3. The van der Waals surface area contributed by atoms with Gasteiger partial charge in [-0.1, -0.05) is 22.0 Å². The van der Waals surface area contributed by atoms with E-state index < -0.39 is 0 Å². The van der Waals surface area contributed by atoms with Crippen LogP contribution in [0, 0.1) is 20.8 Å². The molecule has 0 atom stereocenters. The van der Waals surface area contributed by atoms with Crippen molar-refractivity contribution in [3.8, 4) is 17.2 Å². The topological polar surface area (TPSA) is 27.7 Å². The van der Waals surface area contributed by atoms with Gasteiger partial charge in [-0.15, -0.1) is 0 Å². The summed E-state index contributed by atoms with van der Waals surface area (Å²) >= 11 is 3.53. The second-order valence-electron chi connectivity index (χ2n) is 5.57. The summed E-state index contributed by atoms with van der Waals surface area (Å²) in [6.45, 7) is 7.35. The molecule has 0 aliphatic rings. The van der Waals surface area contributed by atoms with Crippen LogP contribution in [0.1, 0.15) is 23.1 Å². The molecule has 0 radical (unpaired) electrons. The third-order valence-electron chi connectivity index (χ3n) is 3.58. The fourth-order valence-electron chi connectivity index (χ4n) is 2.23. The summed E-state index contributed by atoms with van der Waals surface area (Å²) in [5, 5.41) is 0. The molecule has 0 aromatic heterocycles. The van der Waals surface area contributed by atoms with Crippen molar-refractivity contribution in [3.63, 3.8) is 0 Å². The molecule has 2 aromatic rings. The highest BCUT2D eigenvalue weighted by Gasteiger charge is 2.06. The van der Waals surface area contributed by atoms with Crippen LogP contribution >= 0.6 is 15.9 Å². The number of aryl methyl sites for hydroxylation is 3. The monoisotopic (exact) mass is 378 g/mol. The third kappa shape index (κ3) is 4.90. The molecule has 0 saturated heterocycles. The van der Waals surface area contributed by atoms with Crippen LogP contribution in [0.15, 0.2) is 34.8 Å². The first-order chi connectivity index (χ1) is 11.0. The number of methoxy groups -OCH3 is 1. The van der Waals surface area contributed by atoms with Gasteiger partial charge in [-0.25, -0.2) is 0 Å². The van der Waals surface area contributed by atoms with Crippen molar-refractivity contribution >= 4 is 15.9 Å². The van der Waals surface area contributed by atoms with Gasteiger partial charge in [0.1, 0.15) is 5.75 Å². The molecule has 0 bridgehead atoms. The lowest BCUT2D eigenvalue weighted by Crippen LogP contribution is -2.06. The maximum Gasteiger partial charge on any atom is 0.161 e. The molecule has 0 N–H and O–H groups in total. The van der Waals surface area contributed by atoms with Crippen molar-refractivity contribution in [1.29, 1.82) is 0 Å². The van der Waals surface area contributed by atoms with Crippen molar-refractivity contribution < 1.29 is 14.2 Å². The van der Waals surface area contributed by atoms with Crippen LogP contribution in [0.3, 0.4) is 0 Å². The van der Waals surface area contributed by atoms with E-state index in [4.69, 9.17) is 14.2 Å². The largest absolute Gasteiger partial charge is 0.493 e. The molecule has 23 heavy (non-hydrogen) atoms. The Hall–Kier alpha value is -1.68. The average molecular weight is 379 g/mol. The maximum atomic E-state index is 5.85. The van der Waals surface area contributed by atoms with E-state index in [1.54, 1.807) is 7.11 Å². The third-order valence-corrected chi connectivity index (χ3v) is 4.43. The summed E-state index contributed by atoms with van der Waals surface area (Å²) < 4.78 is 18.1. The van der Waals surface area contributed by atoms with Crippen molar-refractivity contribution in [2.24, 2.45) is 0 Å². The van der Waals surface area contributed by atoms with Gasteiger partial charge >= 0.3 is 0 Å². The van der Waals surface area contributed by atoms with Gasteiger partial charge < -0.3 is 14.2 Å². The zero-order valence-electron chi connectivity index (χ0n) is 14.1. The molecule has 0 heterocycles. The van der Waals surface area contributed by atoms with Gasteiger partial charge in [-0.05, 0) is 61.7 Å². The molecule has 4 heteroatoms. The van der Waals surface area contributed by atoms with E-state index in [0.717, 1.165) is 39.3 Å². The standard InChI is InChI=1S/C19H23BrO3/c1-13-6-7-17(19(10-13)21-4)22-8-5-9-23-18-12-14(2)16(20)11-15(18)3/h6-7,10-12H,5,8-9H2,1-4H3. The Labute approximate surface area is 146 Å². The highest BCUT2D eigenvalue weighted by Crippen LogP contribution is 2.28. The number of halogens is 1. The Bertz CT molecular complexity index is 668. The van der Waals surface area contributed by atoms with E-state index in [1.165, 1.54) is 5.56 Å². The Morgan fingerprint density at radius 1 is 0.826 bits per heavy atom. The summed E-state index contributed by atoms with van der Waals surface area (Å²) in [4.78, 5) is 0. The maximum absolute atomic E-state index is 5.85. The second kappa shape index (κ2) is 8.25. The number of hydrogen-bond donors (Lipinski definition) is 0. The van der Waals surface area contributed by atoms with Gasteiger partial charge in [-0.3, -0.25) is 0 Å². The molecular formula is C19H23BrO3. The lowest BCUT2D eigenvalue weighted by atomic mass is 10.1. The average Bonchev–Trinajstić information content (AvgIpc) is 2.52. The molecule has 0 aliphatic heterocycles. The normalized spacial score (nSPS) is 10.5. The van der Waals surface area contributed by atoms with E-state index in [0.29, 0.717) is 13.2 Å². The Morgan fingerprint density at radius 2 is 1.52 bits per heavy atom. The highest BCUT2D eigenvalue weighted by molar-refractivity contribution is 9.10. The van der Waals surface area contributed by atoms with Gasteiger partial charge in [0.05, 0.1) is 20.3 Å². The minimum absolute atomic E-state index is 0.591. The zero-order valence-corrected chi connectivity index (χ0v) is 15.7. The van der Waals surface area contributed by atoms with Gasteiger partial charge in [-0.2, -0.15) is 0 Å². The summed E-state index contributed by atoms with van der Waals surface area (Å²) in [7, 11) is 1.66. The van der Waals surface area contributed by atoms with E-state index in [-0.39, 0.29) is 0 Å². The SMILES string of the molecule is COc1cc(C)ccc1OCCCOc1cc(C)c(Br)cc1C. The number of rotatable bonds is 7. The lowest BCUT2D eigenvalue weighted by Gasteiger charge is -2.13. The van der Waals surface area contributed by atoms with Crippen molar-refractivity contribution in [2.75, 3.05) is 20.3 Å². The van der Waals surface area contributed by atoms with Crippen LogP contribution in [0.2, 0.25) is 0 Å². The van der Waals surface area contributed by atoms with Crippen LogP contribution < -0.4 is 14.2 Å². The van der Waals surface area contributed by atoms with Crippen LogP contribution in [0.5, 0.6) is 17.2 Å².